The first kappa shape index (κ1) is 25.7. The fourth-order valence-corrected chi connectivity index (χ4v) is 5.39. The highest BCUT2D eigenvalue weighted by Gasteiger charge is 2.53. The van der Waals surface area contributed by atoms with Gasteiger partial charge in [-0.15, -0.1) is 0 Å². The van der Waals surface area contributed by atoms with Crippen LogP contribution in [0.15, 0.2) is 42.6 Å². The molecular weight excluding hydrogens is 501 g/mol. The van der Waals surface area contributed by atoms with Crippen LogP contribution in [0.4, 0.5) is 24.7 Å². The maximum atomic E-state index is 14.7. The van der Waals surface area contributed by atoms with Gasteiger partial charge in [0.25, 0.3) is 0 Å². The zero-order valence-corrected chi connectivity index (χ0v) is 20.6. The topological polar surface area (TPSA) is 120 Å². The van der Waals surface area contributed by atoms with E-state index in [2.05, 4.69) is 25.8 Å². The number of fused-ring (bicyclic) bond motifs is 1. The Morgan fingerprint density at radius 3 is 2.42 bits per heavy atom. The normalized spacial score (nSPS) is 22.3. The van der Waals surface area contributed by atoms with Crippen LogP contribution in [0.2, 0.25) is 0 Å². The summed E-state index contributed by atoms with van der Waals surface area (Å²) in [5.74, 6) is -4.13. The molecule has 1 saturated heterocycles. The fraction of sp³-hybridized carbons (Fsp3) is 0.423. The number of carbonyl (C=O) groups is 3. The molecule has 1 aliphatic heterocycles. The lowest BCUT2D eigenvalue weighted by molar-refractivity contribution is -0.146. The monoisotopic (exact) mass is 528 g/mol. The van der Waals surface area contributed by atoms with Crippen LogP contribution in [0, 0.1) is 0 Å². The van der Waals surface area contributed by atoms with E-state index < -0.39 is 48.2 Å². The summed E-state index contributed by atoms with van der Waals surface area (Å²) in [7, 11) is 0. The molecule has 5 rings (SSSR count). The minimum Gasteiger partial charge on any atom is -0.327 e. The van der Waals surface area contributed by atoms with E-state index in [1.54, 1.807) is 36.4 Å². The highest BCUT2D eigenvalue weighted by atomic mass is 19.3. The summed E-state index contributed by atoms with van der Waals surface area (Å²) < 4.78 is 43.1. The molecule has 200 valence electrons. The Hall–Kier alpha value is -3.96. The first-order valence-electron chi connectivity index (χ1n) is 12.4. The zero-order valence-electron chi connectivity index (χ0n) is 20.6. The van der Waals surface area contributed by atoms with Crippen molar-refractivity contribution >= 4 is 40.3 Å². The number of carbonyl (C=O) groups excluding carboxylic acids is 3. The number of halogens is 3. The van der Waals surface area contributed by atoms with Gasteiger partial charge in [0.15, 0.2) is 0 Å². The lowest BCUT2D eigenvalue weighted by Crippen LogP contribution is -2.54. The molecule has 1 aliphatic carbocycles. The molecule has 0 spiro atoms. The van der Waals surface area contributed by atoms with Crippen molar-refractivity contribution in [3.63, 3.8) is 0 Å². The number of nitrogens with zero attached hydrogens (tertiary/aromatic N) is 3. The second-order valence-corrected chi connectivity index (χ2v) is 9.99. The third kappa shape index (κ3) is 4.94. The van der Waals surface area contributed by atoms with Crippen LogP contribution in [0.3, 0.4) is 0 Å². The van der Waals surface area contributed by atoms with E-state index >= 15 is 0 Å². The molecule has 2 aliphatic rings. The molecule has 0 bridgehead atoms. The second kappa shape index (κ2) is 9.73. The molecule has 9 nitrogen and oxygen atoms in total. The average molecular weight is 529 g/mol. The summed E-state index contributed by atoms with van der Waals surface area (Å²) in [4.78, 5) is 44.2. The SMILES string of the molecule is CC(=O)Nc1ccc(C2(C(=O)N3C[C@H](F)C[C@@H]3C(=O)Nc3ccc4[nH]ncc4n3)CCC(F)(F)CC2)cc1. The number of aromatic amines is 1. The van der Waals surface area contributed by atoms with Gasteiger partial charge in [0.05, 0.1) is 23.7 Å². The van der Waals surface area contributed by atoms with Gasteiger partial charge >= 0.3 is 0 Å². The number of aromatic nitrogens is 3. The van der Waals surface area contributed by atoms with Crippen LogP contribution in [-0.4, -0.2) is 62.5 Å². The zero-order chi connectivity index (χ0) is 27.1. The number of nitrogens with one attached hydrogen (secondary N) is 3. The van der Waals surface area contributed by atoms with Gasteiger partial charge in [-0.3, -0.25) is 19.5 Å². The third-order valence-corrected chi connectivity index (χ3v) is 7.36. The first-order chi connectivity index (χ1) is 18.1. The second-order valence-electron chi connectivity index (χ2n) is 9.99. The molecule has 0 unspecified atom stereocenters. The molecule has 3 N–H and O–H groups in total. The van der Waals surface area contributed by atoms with Gasteiger partial charge in [0.1, 0.15) is 23.5 Å². The number of pyridine rings is 1. The van der Waals surface area contributed by atoms with E-state index in [1.807, 2.05) is 0 Å². The van der Waals surface area contributed by atoms with Crippen LogP contribution in [0.1, 0.15) is 44.6 Å². The maximum absolute atomic E-state index is 14.7. The predicted octanol–water partition coefficient (Wildman–Crippen LogP) is 3.94. The summed E-state index contributed by atoms with van der Waals surface area (Å²) >= 11 is 0. The van der Waals surface area contributed by atoms with Crippen molar-refractivity contribution in [2.45, 2.75) is 62.6 Å². The summed E-state index contributed by atoms with van der Waals surface area (Å²) in [6.07, 6.45) is -1.48. The highest BCUT2D eigenvalue weighted by Crippen LogP contribution is 2.47. The Kier molecular flexibility index (Phi) is 6.58. The van der Waals surface area contributed by atoms with E-state index in [4.69, 9.17) is 0 Å². The molecule has 1 saturated carbocycles. The number of benzene rings is 1. The quantitative estimate of drug-likeness (QED) is 0.463. The first-order valence-corrected chi connectivity index (χ1v) is 12.4. The number of alkyl halides is 3. The largest absolute Gasteiger partial charge is 0.327 e. The minimum atomic E-state index is -2.91. The molecule has 2 aromatic heterocycles. The Bertz CT molecular complexity index is 1370. The maximum Gasteiger partial charge on any atom is 0.248 e. The van der Waals surface area contributed by atoms with Crippen molar-refractivity contribution in [2.75, 3.05) is 17.2 Å². The highest BCUT2D eigenvalue weighted by molar-refractivity contribution is 5.99. The van der Waals surface area contributed by atoms with Crippen molar-refractivity contribution < 1.29 is 27.6 Å². The summed E-state index contributed by atoms with van der Waals surface area (Å²) in [6, 6.07) is 8.56. The van der Waals surface area contributed by atoms with Gasteiger partial charge in [-0.25, -0.2) is 18.2 Å². The van der Waals surface area contributed by atoms with Crippen molar-refractivity contribution in [3.8, 4) is 0 Å². The summed E-state index contributed by atoms with van der Waals surface area (Å²) in [5, 5.41) is 11.9. The van der Waals surface area contributed by atoms with E-state index in [0.29, 0.717) is 22.3 Å². The molecule has 1 aromatic carbocycles. The van der Waals surface area contributed by atoms with Crippen molar-refractivity contribution in [2.24, 2.45) is 0 Å². The number of hydrogen-bond acceptors (Lipinski definition) is 5. The number of likely N-dealkylation sites (tertiary alicyclic amines) is 1. The molecule has 3 aromatic rings. The number of H-pyrrole nitrogens is 1. The standard InChI is InChI=1S/C26H27F3N6O3/c1-15(36)31-18-4-2-16(3-5-18)25(8-10-26(28,29)11-9-25)24(38)35-14-17(27)12-21(35)23(37)33-22-7-6-19-20(32-22)13-30-34-19/h2-7,13,17,21H,8-12,14H2,1H3,(H,30,34)(H,31,36)(H,32,33,37)/t17-,21-/m1/s1. The smallest absolute Gasteiger partial charge is 0.248 e. The molecule has 12 heteroatoms. The average Bonchev–Trinajstić information content (AvgIpc) is 3.50. The Labute approximate surface area is 216 Å². The van der Waals surface area contributed by atoms with Crippen molar-refractivity contribution in [1.29, 1.82) is 0 Å². The lowest BCUT2D eigenvalue weighted by atomic mass is 9.67. The molecule has 3 heterocycles. The number of amides is 3. The van der Waals surface area contributed by atoms with Crippen LogP contribution in [-0.2, 0) is 19.8 Å². The number of hydrogen-bond donors (Lipinski definition) is 3. The summed E-state index contributed by atoms with van der Waals surface area (Å²) in [5.41, 5.74) is 0.822. The molecule has 3 amide bonds. The van der Waals surface area contributed by atoms with Crippen LogP contribution < -0.4 is 10.6 Å². The Morgan fingerprint density at radius 1 is 1.03 bits per heavy atom. The minimum absolute atomic E-state index is 0.154. The van der Waals surface area contributed by atoms with Gasteiger partial charge in [-0.2, -0.15) is 5.10 Å². The van der Waals surface area contributed by atoms with Crippen molar-refractivity contribution in [3.05, 3.63) is 48.2 Å². The van der Waals surface area contributed by atoms with Gasteiger partial charge in [0.2, 0.25) is 23.6 Å². The van der Waals surface area contributed by atoms with Crippen LogP contribution >= 0.6 is 0 Å². The van der Waals surface area contributed by atoms with E-state index in [1.165, 1.54) is 18.0 Å². The number of anilines is 2. The van der Waals surface area contributed by atoms with E-state index in [-0.39, 0.29) is 37.5 Å². The Balaban J connectivity index is 1.43. The summed E-state index contributed by atoms with van der Waals surface area (Å²) in [6.45, 7) is 1.05. The van der Waals surface area contributed by atoms with Gasteiger partial charge in [-0.1, -0.05) is 12.1 Å². The molecule has 0 radical (unpaired) electrons. The van der Waals surface area contributed by atoms with Crippen LogP contribution in [0.5, 0.6) is 0 Å². The Morgan fingerprint density at radius 2 is 1.74 bits per heavy atom. The van der Waals surface area contributed by atoms with Gasteiger partial charge in [0, 0.05) is 31.9 Å². The van der Waals surface area contributed by atoms with E-state index in [9.17, 15) is 27.6 Å². The molecular formula is C26H27F3N6O3. The van der Waals surface area contributed by atoms with E-state index in [0.717, 1.165) is 0 Å². The lowest BCUT2D eigenvalue weighted by Gasteiger charge is -2.42. The molecule has 2 atom stereocenters. The third-order valence-electron chi connectivity index (χ3n) is 7.36. The van der Waals surface area contributed by atoms with Gasteiger partial charge < -0.3 is 15.5 Å². The predicted molar refractivity (Wildman–Crippen MR) is 133 cm³/mol. The van der Waals surface area contributed by atoms with Gasteiger partial charge in [-0.05, 0) is 42.7 Å². The number of rotatable bonds is 5. The molecule has 38 heavy (non-hydrogen) atoms. The van der Waals surface area contributed by atoms with Crippen LogP contribution in [0.25, 0.3) is 11.0 Å². The molecule has 2 fully saturated rings. The fourth-order valence-electron chi connectivity index (χ4n) is 5.39. The van der Waals surface area contributed by atoms with Crippen molar-refractivity contribution in [1.82, 2.24) is 20.1 Å².